The molecule has 2 aromatic rings. The zero-order valence-electron chi connectivity index (χ0n) is 8.70. The van der Waals surface area contributed by atoms with Gasteiger partial charge in [-0.2, -0.15) is 0 Å². The Morgan fingerprint density at radius 3 is 2.76 bits per heavy atom. The zero-order valence-corrected chi connectivity index (χ0v) is 11.6. The molecule has 0 radical (unpaired) electrons. The molecule has 2 N–H and O–H groups in total. The zero-order chi connectivity index (χ0) is 12.4. The van der Waals surface area contributed by atoms with Gasteiger partial charge in [-0.1, -0.05) is 17.7 Å². The molecule has 1 heterocycles. The van der Waals surface area contributed by atoms with Crippen molar-refractivity contribution in [2.24, 2.45) is 5.73 Å². The first-order chi connectivity index (χ1) is 8.09. The van der Waals surface area contributed by atoms with Gasteiger partial charge in [-0.15, -0.1) is 0 Å². The minimum Gasteiger partial charge on any atom is -0.320 e. The highest BCUT2D eigenvalue weighted by molar-refractivity contribution is 14.1. The maximum Gasteiger partial charge on any atom is 0.146 e. The molecule has 1 atom stereocenters. The Morgan fingerprint density at radius 2 is 2.12 bits per heavy atom. The Kier molecular flexibility index (Phi) is 3.96. The van der Waals surface area contributed by atoms with Gasteiger partial charge in [0, 0.05) is 15.3 Å². The fourth-order valence-corrected chi connectivity index (χ4v) is 2.05. The van der Waals surface area contributed by atoms with Crippen LogP contribution in [0, 0.1) is 9.39 Å². The highest BCUT2D eigenvalue weighted by Crippen LogP contribution is 2.26. The van der Waals surface area contributed by atoms with E-state index in [2.05, 4.69) is 27.6 Å². The van der Waals surface area contributed by atoms with Gasteiger partial charge in [-0.25, -0.2) is 4.39 Å². The maximum absolute atomic E-state index is 13.5. The van der Waals surface area contributed by atoms with Gasteiger partial charge in [0.15, 0.2) is 0 Å². The molecule has 0 bridgehead atoms. The van der Waals surface area contributed by atoms with E-state index in [1.54, 1.807) is 12.1 Å². The first-order valence-corrected chi connectivity index (χ1v) is 6.35. The number of rotatable bonds is 2. The normalized spacial score (nSPS) is 12.5. The number of halogens is 3. The molecule has 88 valence electrons. The number of hydrogen-bond acceptors (Lipinski definition) is 2. The highest BCUT2D eigenvalue weighted by atomic mass is 127. The summed E-state index contributed by atoms with van der Waals surface area (Å²) in [4.78, 5) is 3.69. The van der Waals surface area contributed by atoms with Crippen molar-refractivity contribution in [1.29, 1.82) is 0 Å². The topological polar surface area (TPSA) is 38.9 Å². The van der Waals surface area contributed by atoms with E-state index in [1.165, 1.54) is 6.20 Å². The Morgan fingerprint density at radius 1 is 1.35 bits per heavy atom. The number of benzene rings is 1. The van der Waals surface area contributed by atoms with Crippen LogP contribution < -0.4 is 5.73 Å². The maximum atomic E-state index is 13.5. The molecule has 1 unspecified atom stereocenters. The summed E-state index contributed by atoms with van der Waals surface area (Å²) >= 11 is 8.14. The molecule has 0 saturated heterocycles. The van der Waals surface area contributed by atoms with E-state index in [-0.39, 0.29) is 0 Å². The van der Waals surface area contributed by atoms with Gasteiger partial charge >= 0.3 is 0 Å². The van der Waals surface area contributed by atoms with Crippen LogP contribution in [0.4, 0.5) is 4.39 Å². The third-order valence-corrected chi connectivity index (χ3v) is 4.01. The van der Waals surface area contributed by atoms with Crippen molar-refractivity contribution in [1.82, 2.24) is 4.98 Å². The second-order valence-corrected chi connectivity index (χ2v) is 5.12. The van der Waals surface area contributed by atoms with E-state index in [9.17, 15) is 4.39 Å². The van der Waals surface area contributed by atoms with Crippen LogP contribution in [0.25, 0.3) is 0 Å². The fraction of sp³-hybridized carbons (Fsp3) is 0.0833. The molecule has 0 amide bonds. The predicted molar refractivity (Wildman–Crippen MR) is 74.4 cm³/mol. The van der Waals surface area contributed by atoms with Gasteiger partial charge in [0.1, 0.15) is 5.82 Å². The summed E-state index contributed by atoms with van der Waals surface area (Å²) in [6, 6.07) is 6.50. The van der Waals surface area contributed by atoms with Crippen LogP contribution in [0.2, 0.25) is 5.02 Å². The Balaban J connectivity index is 2.40. The summed E-state index contributed by atoms with van der Waals surface area (Å²) in [5.41, 5.74) is 7.20. The van der Waals surface area contributed by atoms with Crippen molar-refractivity contribution < 1.29 is 4.39 Å². The second kappa shape index (κ2) is 5.29. The van der Waals surface area contributed by atoms with E-state index in [0.717, 1.165) is 15.3 Å². The van der Waals surface area contributed by atoms with Crippen LogP contribution >= 0.6 is 34.2 Å². The first kappa shape index (κ1) is 12.7. The minimum atomic E-state index is -0.535. The van der Waals surface area contributed by atoms with Crippen LogP contribution in [0.3, 0.4) is 0 Å². The number of pyridine rings is 1. The van der Waals surface area contributed by atoms with Crippen LogP contribution in [-0.2, 0) is 0 Å². The molecular weight excluding hydrogens is 354 g/mol. The number of hydrogen-bond donors (Lipinski definition) is 1. The molecule has 0 aliphatic carbocycles. The van der Waals surface area contributed by atoms with E-state index in [1.807, 2.05) is 12.1 Å². The van der Waals surface area contributed by atoms with Crippen molar-refractivity contribution in [3.05, 3.63) is 62.2 Å². The summed E-state index contributed by atoms with van der Waals surface area (Å²) in [6.07, 6.45) is 2.68. The summed E-state index contributed by atoms with van der Waals surface area (Å²) in [7, 11) is 0. The SMILES string of the molecule is NC(c1ccc(I)c(Cl)c1)c1ccncc1F. The quantitative estimate of drug-likeness (QED) is 0.830. The molecule has 5 heteroatoms. The molecule has 0 aliphatic rings. The highest BCUT2D eigenvalue weighted by Gasteiger charge is 2.14. The van der Waals surface area contributed by atoms with Crippen LogP contribution in [-0.4, -0.2) is 4.98 Å². The van der Waals surface area contributed by atoms with Crippen LogP contribution in [0.5, 0.6) is 0 Å². The van der Waals surface area contributed by atoms with Gasteiger partial charge in [-0.3, -0.25) is 4.98 Å². The minimum absolute atomic E-state index is 0.408. The van der Waals surface area contributed by atoms with Crippen LogP contribution in [0.1, 0.15) is 17.2 Å². The van der Waals surface area contributed by atoms with E-state index < -0.39 is 11.9 Å². The lowest BCUT2D eigenvalue weighted by molar-refractivity contribution is 0.593. The average Bonchev–Trinajstić information content (AvgIpc) is 2.32. The molecule has 0 aliphatic heterocycles. The molecule has 2 rings (SSSR count). The summed E-state index contributed by atoms with van der Waals surface area (Å²) in [5, 5.41) is 0.619. The summed E-state index contributed by atoms with van der Waals surface area (Å²) < 4.78 is 14.5. The van der Waals surface area contributed by atoms with E-state index in [4.69, 9.17) is 17.3 Å². The number of nitrogens with zero attached hydrogens (tertiary/aromatic N) is 1. The molecule has 0 spiro atoms. The summed E-state index contributed by atoms with van der Waals surface area (Å²) in [6.45, 7) is 0. The van der Waals surface area contributed by atoms with Gasteiger partial charge in [0.25, 0.3) is 0 Å². The largest absolute Gasteiger partial charge is 0.320 e. The predicted octanol–water partition coefficient (Wildman–Crippen LogP) is 3.53. The van der Waals surface area contributed by atoms with E-state index >= 15 is 0 Å². The molecule has 2 nitrogen and oxygen atoms in total. The van der Waals surface area contributed by atoms with Crippen molar-refractivity contribution in [2.45, 2.75) is 6.04 Å². The van der Waals surface area contributed by atoms with Gasteiger partial charge in [-0.05, 0) is 46.4 Å². The molecule has 0 saturated carbocycles. The molecule has 1 aromatic heterocycles. The molecule has 17 heavy (non-hydrogen) atoms. The Bertz CT molecular complexity index is 548. The third-order valence-electron chi connectivity index (χ3n) is 2.44. The number of aromatic nitrogens is 1. The monoisotopic (exact) mass is 362 g/mol. The third kappa shape index (κ3) is 2.75. The van der Waals surface area contributed by atoms with Crippen molar-refractivity contribution in [3.63, 3.8) is 0 Å². The number of nitrogens with two attached hydrogens (primary N) is 1. The first-order valence-electron chi connectivity index (χ1n) is 4.89. The van der Waals surface area contributed by atoms with Gasteiger partial charge < -0.3 is 5.73 Å². The molecule has 1 aromatic carbocycles. The molecular formula is C12H9ClFIN2. The second-order valence-electron chi connectivity index (χ2n) is 3.55. The average molecular weight is 363 g/mol. The summed E-state index contributed by atoms with van der Waals surface area (Å²) in [5.74, 6) is -0.408. The van der Waals surface area contributed by atoms with Gasteiger partial charge in [0.05, 0.1) is 17.3 Å². The van der Waals surface area contributed by atoms with Crippen molar-refractivity contribution >= 4 is 34.2 Å². The fourth-order valence-electron chi connectivity index (χ4n) is 1.52. The van der Waals surface area contributed by atoms with Crippen molar-refractivity contribution in [2.75, 3.05) is 0 Å². The Labute approximate surface area is 117 Å². The lowest BCUT2D eigenvalue weighted by Gasteiger charge is -2.13. The van der Waals surface area contributed by atoms with Crippen molar-refractivity contribution in [3.8, 4) is 0 Å². The van der Waals surface area contributed by atoms with Gasteiger partial charge in [0.2, 0.25) is 0 Å². The smallest absolute Gasteiger partial charge is 0.146 e. The Hall–Kier alpha value is -0.720. The standard InChI is InChI=1S/C12H9ClFIN2/c13-9-5-7(1-2-11(9)15)12(16)8-3-4-17-6-10(8)14/h1-6,12H,16H2. The van der Waals surface area contributed by atoms with Crippen LogP contribution in [0.15, 0.2) is 36.7 Å². The van der Waals surface area contributed by atoms with E-state index in [0.29, 0.717) is 10.6 Å². The lowest BCUT2D eigenvalue weighted by atomic mass is 10.0. The lowest BCUT2D eigenvalue weighted by Crippen LogP contribution is -2.13. The molecule has 0 fully saturated rings.